The van der Waals surface area contributed by atoms with Crippen molar-refractivity contribution in [3.8, 4) is 0 Å². The molecule has 1 heterocycles. The molecule has 1 amide bonds. The number of nitrogens with zero attached hydrogens (tertiary/aromatic N) is 2. The van der Waals surface area contributed by atoms with Crippen LogP contribution in [0.25, 0.3) is 0 Å². The van der Waals surface area contributed by atoms with Crippen molar-refractivity contribution >= 4 is 36.0 Å². The summed E-state index contributed by atoms with van der Waals surface area (Å²) in [5.74, 6) is 0.914. The highest BCUT2D eigenvalue weighted by molar-refractivity contribution is 14.0. The number of guanidine groups is 1. The maximum atomic E-state index is 11.9. The van der Waals surface area contributed by atoms with Crippen molar-refractivity contribution in [2.75, 3.05) is 26.2 Å². The number of carbonyl (C=O) groups excluding carboxylic acids is 1. The van der Waals surface area contributed by atoms with Crippen LogP contribution in [0.3, 0.4) is 0 Å². The number of hydrogen-bond acceptors (Lipinski definition) is 3. The second-order valence-corrected chi connectivity index (χ2v) is 7.55. The highest BCUT2D eigenvalue weighted by Crippen LogP contribution is 2.12. The number of alkyl carbamates (subject to hydrolysis) is 1. The molecule has 2 N–H and O–H groups in total. The van der Waals surface area contributed by atoms with Crippen molar-refractivity contribution in [3.63, 3.8) is 0 Å². The van der Waals surface area contributed by atoms with Crippen molar-refractivity contribution in [2.45, 2.75) is 52.2 Å². The van der Waals surface area contributed by atoms with Gasteiger partial charge in [-0.05, 0) is 46.1 Å². The van der Waals surface area contributed by atoms with Gasteiger partial charge in [-0.2, -0.15) is 0 Å². The van der Waals surface area contributed by atoms with Crippen LogP contribution < -0.4 is 10.6 Å². The third-order valence-electron chi connectivity index (χ3n) is 4.05. The third kappa shape index (κ3) is 8.81. The van der Waals surface area contributed by atoms with Gasteiger partial charge in [0, 0.05) is 26.2 Å². The molecule has 0 bridgehead atoms. The molecule has 27 heavy (non-hydrogen) atoms. The van der Waals surface area contributed by atoms with Crippen molar-refractivity contribution in [2.24, 2.45) is 4.99 Å². The van der Waals surface area contributed by atoms with Gasteiger partial charge in [0.25, 0.3) is 0 Å². The van der Waals surface area contributed by atoms with E-state index in [4.69, 9.17) is 9.73 Å². The zero-order valence-electron chi connectivity index (χ0n) is 16.8. The van der Waals surface area contributed by atoms with E-state index in [1.165, 1.54) is 5.56 Å². The topological polar surface area (TPSA) is 66.0 Å². The standard InChI is InChI=1S/C20H32N4O2.HI/c1-5-21-18(22-13-11-16-9-7-6-8-10-16)24-14-12-17(15-24)23-19(25)26-20(2,3)4;/h6-10,17H,5,11-15H2,1-4H3,(H,21,22)(H,23,25);1H. The molecule has 152 valence electrons. The van der Waals surface area contributed by atoms with Gasteiger partial charge in [0.2, 0.25) is 0 Å². The molecule has 1 aliphatic rings. The molecule has 0 saturated carbocycles. The highest BCUT2D eigenvalue weighted by Gasteiger charge is 2.27. The number of benzene rings is 1. The van der Waals surface area contributed by atoms with Crippen LogP contribution in [0.15, 0.2) is 35.3 Å². The molecule has 1 aromatic carbocycles. The largest absolute Gasteiger partial charge is 0.444 e. The molecule has 1 saturated heterocycles. The zero-order chi connectivity index (χ0) is 19.0. The Morgan fingerprint density at radius 1 is 1.30 bits per heavy atom. The summed E-state index contributed by atoms with van der Waals surface area (Å²) in [6, 6.07) is 10.5. The van der Waals surface area contributed by atoms with Gasteiger partial charge in [-0.25, -0.2) is 4.79 Å². The Labute approximate surface area is 180 Å². The summed E-state index contributed by atoms with van der Waals surface area (Å²) in [6.07, 6.45) is 1.46. The molecule has 0 radical (unpaired) electrons. The molecular weight excluding hydrogens is 455 g/mol. The van der Waals surface area contributed by atoms with E-state index in [1.807, 2.05) is 26.8 Å². The molecule has 1 fully saturated rings. The number of halogens is 1. The Kier molecular flexibility index (Phi) is 9.90. The normalized spacial score (nSPS) is 17.3. The van der Waals surface area contributed by atoms with Gasteiger partial charge in [-0.1, -0.05) is 30.3 Å². The summed E-state index contributed by atoms with van der Waals surface area (Å²) in [5.41, 5.74) is 0.814. The minimum atomic E-state index is -0.476. The van der Waals surface area contributed by atoms with Crippen LogP contribution in [0.4, 0.5) is 4.79 Å². The third-order valence-corrected chi connectivity index (χ3v) is 4.05. The summed E-state index contributed by atoms with van der Waals surface area (Å²) in [4.78, 5) is 18.9. The molecule has 0 aromatic heterocycles. The first kappa shape index (κ1) is 23.5. The lowest BCUT2D eigenvalue weighted by molar-refractivity contribution is 0.0507. The average molecular weight is 488 g/mol. The second-order valence-electron chi connectivity index (χ2n) is 7.55. The molecule has 1 aromatic rings. The van der Waals surface area contributed by atoms with E-state index >= 15 is 0 Å². The van der Waals surface area contributed by atoms with Crippen LogP contribution in [-0.2, 0) is 11.2 Å². The lowest BCUT2D eigenvalue weighted by atomic mass is 10.2. The number of nitrogens with one attached hydrogen (secondary N) is 2. The first-order chi connectivity index (χ1) is 12.4. The Balaban J connectivity index is 0.00000364. The van der Waals surface area contributed by atoms with E-state index in [9.17, 15) is 4.79 Å². The number of hydrogen-bond donors (Lipinski definition) is 2. The maximum absolute atomic E-state index is 11.9. The Bertz CT molecular complexity index is 602. The van der Waals surface area contributed by atoms with Gasteiger partial charge in [-0.15, -0.1) is 24.0 Å². The number of amides is 1. The van der Waals surface area contributed by atoms with Gasteiger partial charge in [0.05, 0.1) is 6.04 Å². The lowest BCUT2D eigenvalue weighted by Crippen LogP contribution is -2.44. The molecular formula is C20H33IN4O2. The number of carbonyl (C=O) groups is 1. The van der Waals surface area contributed by atoms with Gasteiger partial charge < -0.3 is 20.3 Å². The van der Waals surface area contributed by atoms with Crippen molar-refractivity contribution in [3.05, 3.63) is 35.9 Å². The van der Waals surface area contributed by atoms with E-state index in [1.54, 1.807) is 0 Å². The molecule has 7 heteroatoms. The molecule has 1 atom stereocenters. The van der Waals surface area contributed by atoms with Crippen LogP contribution >= 0.6 is 24.0 Å². The quantitative estimate of drug-likeness (QED) is 0.379. The summed E-state index contributed by atoms with van der Waals surface area (Å²) >= 11 is 0. The minimum absolute atomic E-state index is 0. The zero-order valence-corrected chi connectivity index (χ0v) is 19.2. The molecule has 2 rings (SSSR count). The first-order valence-corrected chi connectivity index (χ1v) is 9.44. The van der Waals surface area contributed by atoms with E-state index < -0.39 is 5.60 Å². The predicted octanol–water partition coefficient (Wildman–Crippen LogP) is 3.41. The molecule has 1 unspecified atom stereocenters. The predicted molar refractivity (Wildman–Crippen MR) is 121 cm³/mol. The second kappa shape index (κ2) is 11.4. The number of ether oxygens (including phenoxy) is 1. The minimum Gasteiger partial charge on any atom is -0.444 e. The summed E-state index contributed by atoms with van der Waals surface area (Å²) in [7, 11) is 0. The fourth-order valence-corrected chi connectivity index (χ4v) is 2.91. The first-order valence-electron chi connectivity index (χ1n) is 9.44. The van der Waals surface area contributed by atoms with Crippen LogP contribution in [0.5, 0.6) is 0 Å². The van der Waals surface area contributed by atoms with Crippen molar-refractivity contribution < 1.29 is 9.53 Å². The monoisotopic (exact) mass is 488 g/mol. The lowest BCUT2D eigenvalue weighted by Gasteiger charge is -2.23. The number of likely N-dealkylation sites (tertiary alicyclic amines) is 1. The SMILES string of the molecule is CCNC(=NCCc1ccccc1)N1CCC(NC(=O)OC(C)(C)C)C1.I. The summed E-state index contributed by atoms with van der Waals surface area (Å²) in [5, 5.41) is 6.31. The van der Waals surface area contributed by atoms with Crippen molar-refractivity contribution in [1.82, 2.24) is 15.5 Å². The molecule has 0 spiro atoms. The van der Waals surface area contributed by atoms with Crippen LogP contribution in [0.2, 0.25) is 0 Å². The van der Waals surface area contributed by atoms with Gasteiger partial charge in [0.15, 0.2) is 5.96 Å². The van der Waals surface area contributed by atoms with Crippen LogP contribution in [0, 0.1) is 0 Å². The van der Waals surface area contributed by atoms with E-state index in [-0.39, 0.29) is 36.1 Å². The maximum Gasteiger partial charge on any atom is 0.407 e. The number of rotatable bonds is 5. The van der Waals surface area contributed by atoms with E-state index in [0.717, 1.165) is 45.0 Å². The Hall–Kier alpha value is -1.51. The Morgan fingerprint density at radius 3 is 2.63 bits per heavy atom. The highest BCUT2D eigenvalue weighted by atomic mass is 127. The van der Waals surface area contributed by atoms with Crippen molar-refractivity contribution in [1.29, 1.82) is 0 Å². The molecule has 6 nitrogen and oxygen atoms in total. The molecule has 1 aliphatic heterocycles. The van der Waals surface area contributed by atoms with E-state index in [2.05, 4.69) is 46.7 Å². The van der Waals surface area contributed by atoms with Gasteiger partial charge >= 0.3 is 6.09 Å². The Morgan fingerprint density at radius 2 is 2.00 bits per heavy atom. The summed E-state index contributed by atoms with van der Waals surface area (Å²) < 4.78 is 5.34. The smallest absolute Gasteiger partial charge is 0.407 e. The van der Waals surface area contributed by atoms with Gasteiger partial charge in [-0.3, -0.25) is 4.99 Å². The molecule has 0 aliphatic carbocycles. The van der Waals surface area contributed by atoms with Gasteiger partial charge in [0.1, 0.15) is 5.60 Å². The fraction of sp³-hybridized carbons (Fsp3) is 0.600. The van der Waals surface area contributed by atoms with Crippen LogP contribution in [0.1, 0.15) is 39.7 Å². The van der Waals surface area contributed by atoms with E-state index in [0.29, 0.717) is 0 Å². The summed E-state index contributed by atoms with van der Waals surface area (Å²) in [6.45, 7) is 10.9. The fourth-order valence-electron chi connectivity index (χ4n) is 2.91. The number of aliphatic imine (C=N–C) groups is 1. The average Bonchev–Trinajstić information content (AvgIpc) is 3.01. The van der Waals surface area contributed by atoms with Crippen LogP contribution in [-0.4, -0.2) is 54.8 Å².